The largest absolute Gasteiger partial charge is 0.310 e. The van der Waals surface area contributed by atoms with E-state index >= 15 is 0 Å². The number of hydrogen-bond donors (Lipinski definition) is 0. The molecule has 0 radical (unpaired) electrons. The maximum atomic E-state index is 9.20. The van der Waals surface area contributed by atoms with Gasteiger partial charge in [-0.25, -0.2) is 0 Å². The van der Waals surface area contributed by atoms with E-state index in [1.807, 2.05) is 27.7 Å². The molecular weight excluding hydrogens is 751 g/mol. The third-order valence-electron chi connectivity index (χ3n) is 13.8. The molecule has 62 heavy (non-hydrogen) atoms. The standard InChI is InChI=1S/C59H45N3/c1-35(2)37-24-28-41(29-25-37)61-49-22-11-10-19-47(49)56-48-32-39(36(3)4)27-30-50(48)60(40-15-6-5-7-16-40)53-33-42(34-54(61)58(53)56)62-51-23-13-21-46-44-18-9-8-17-43(44)45-20-12-14-38-26-31-52(62)59(55(38)45)57(46)51/h5-36,56H,1-4H3/i35D,36D. The fourth-order valence-electron chi connectivity index (χ4n) is 11.1. The van der Waals surface area contributed by atoms with E-state index in [4.69, 9.17) is 1.37 Å². The molecule has 0 N–H and O–H groups in total. The van der Waals surface area contributed by atoms with E-state index in [0.717, 1.165) is 50.9 Å². The van der Waals surface area contributed by atoms with Crippen LogP contribution in [0.5, 0.6) is 0 Å². The summed E-state index contributed by atoms with van der Waals surface area (Å²) < 4.78 is 20.6. The minimum atomic E-state index is -0.782. The summed E-state index contributed by atoms with van der Waals surface area (Å²) >= 11 is 0. The summed E-state index contributed by atoms with van der Waals surface area (Å²) in [5.41, 5.74) is 20.7. The van der Waals surface area contributed by atoms with Crippen LogP contribution < -0.4 is 9.80 Å². The predicted molar refractivity (Wildman–Crippen MR) is 261 cm³/mol. The second-order valence-corrected chi connectivity index (χ2v) is 17.7. The Hall–Kier alpha value is -7.36. The van der Waals surface area contributed by atoms with Crippen LogP contribution in [0.25, 0.3) is 60.5 Å². The minimum absolute atomic E-state index is 0.0893. The second kappa shape index (κ2) is 13.1. The summed E-state index contributed by atoms with van der Waals surface area (Å²) in [7, 11) is 0. The molecule has 1 unspecified atom stereocenters. The topological polar surface area (TPSA) is 11.4 Å². The zero-order valence-corrected chi connectivity index (χ0v) is 35.2. The lowest BCUT2D eigenvalue weighted by molar-refractivity contribution is 0.848. The number of hydrogen-bond acceptors (Lipinski definition) is 2. The molecule has 0 bridgehead atoms. The Morgan fingerprint density at radius 3 is 1.71 bits per heavy atom. The Bertz CT molecular complexity index is 3590. The fraction of sp³-hybridized carbons (Fsp3) is 0.119. The first-order valence-corrected chi connectivity index (χ1v) is 21.8. The molecule has 1 aliphatic carbocycles. The van der Waals surface area contributed by atoms with Gasteiger partial charge in [-0.2, -0.15) is 0 Å². The quantitative estimate of drug-likeness (QED) is 0.172. The summed E-state index contributed by atoms with van der Waals surface area (Å²) in [6.45, 7) is 7.87. The summed E-state index contributed by atoms with van der Waals surface area (Å²) in [6.07, 6.45) is 0. The van der Waals surface area contributed by atoms with Crippen molar-refractivity contribution in [2.24, 2.45) is 0 Å². The van der Waals surface area contributed by atoms with Gasteiger partial charge in [-0.1, -0.05) is 149 Å². The van der Waals surface area contributed by atoms with Crippen LogP contribution in [0.1, 0.15) is 76.0 Å². The van der Waals surface area contributed by atoms with Gasteiger partial charge < -0.3 is 14.4 Å². The van der Waals surface area contributed by atoms with Gasteiger partial charge in [0.05, 0.1) is 39.5 Å². The van der Waals surface area contributed by atoms with Crippen molar-refractivity contribution in [1.29, 1.82) is 0 Å². The van der Waals surface area contributed by atoms with Crippen molar-refractivity contribution in [3.8, 4) is 27.9 Å². The molecule has 0 amide bonds. The van der Waals surface area contributed by atoms with E-state index in [-0.39, 0.29) is 5.92 Å². The Balaban J connectivity index is 1.18. The van der Waals surface area contributed by atoms with Gasteiger partial charge in [0.25, 0.3) is 0 Å². The number of benzene rings is 9. The highest BCUT2D eigenvalue weighted by Crippen LogP contribution is 2.61. The number of para-hydroxylation sites is 2. The maximum Gasteiger partial charge on any atom is 0.0548 e. The van der Waals surface area contributed by atoms with Crippen LogP contribution >= 0.6 is 0 Å². The molecule has 1 aromatic heterocycles. The third kappa shape index (κ3) is 4.82. The lowest BCUT2D eigenvalue weighted by Crippen LogP contribution is -2.29. The van der Waals surface area contributed by atoms with Gasteiger partial charge in [0.15, 0.2) is 0 Å². The highest BCUT2D eigenvalue weighted by molar-refractivity contribution is 6.30. The first-order valence-electron chi connectivity index (χ1n) is 22.8. The van der Waals surface area contributed by atoms with Crippen LogP contribution in [0, 0.1) is 0 Å². The van der Waals surface area contributed by atoms with E-state index in [2.05, 4.69) is 196 Å². The van der Waals surface area contributed by atoms with Gasteiger partial charge in [-0.15, -0.1) is 0 Å². The van der Waals surface area contributed by atoms with Crippen molar-refractivity contribution < 1.29 is 2.74 Å². The van der Waals surface area contributed by atoms with Crippen molar-refractivity contribution in [1.82, 2.24) is 4.57 Å². The van der Waals surface area contributed by atoms with Crippen LogP contribution in [0.3, 0.4) is 0 Å². The number of rotatable bonds is 5. The van der Waals surface area contributed by atoms with Gasteiger partial charge in [0.2, 0.25) is 0 Å². The molecule has 9 aromatic carbocycles. The normalized spacial score (nSPS) is 15.3. The number of nitrogens with zero attached hydrogens (tertiary/aromatic N) is 3. The highest BCUT2D eigenvalue weighted by atomic mass is 15.2. The first kappa shape index (κ1) is 33.4. The van der Waals surface area contributed by atoms with Crippen molar-refractivity contribution in [3.63, 3.8) is 0 Å². The first-order chi connectivity index (χ1) is 31.0. The van der Waals surface area contributed by atoms with E-state index in [0.29, 0.717) is 0 Å². The molecule has 3 heterocycles. The smallest absolute Gasteiger partial charge is 0.0548 e. The average molecular weight is 798 g/mol. The van der Waals surface area contributed by atoms with Gasteiger partial charge in [-0.3, -0.25) is 0 Å². The molecule has 296 valence electrons. The molecule has 3 heteroatoms. The number of fused-ring (bicyclic) bond motifs is 7. The SMILES string of the molecule is [2H]C(C)(C)c1ccc(N2c3ccccc3C3c4cc(C([2H])(C)C)ccc4N(c4ccccc4)c4cc(-n5c6cccc7c6c6c8c(cccc8ccc65)-c5ccccc5-7)cc2c43)cc1. The average Bonchev–Trinajstić information content (AvgIpc) is 3.59. The van der Waals surface area contributed by atoms with Crippen molar-refractivity contribution in [2.75, 3.05) is 9.80 Å². The minimum Gasteiger partial charge on any atom is -0.310 e. The summed E-state index contributed by atoms with van der Waals surface area (Å²) in [6, 6.07) is 67.0. The summed E-state index contributed by atoms with van der Waals surface area (Å²) in [5.74, 6) is -1.60. The lowest BCUT2D eigenvalue weighted by Gasteiger charge is -2.45. The zero-order valence-electron chi connectivity index (χ0n) is 37.2. The molecule has 0 saturated carbocycles. The number of aromatic nitrogens is 1. The molecule has 10 aromatic rings. The highest BCUT2D eigenvalue weighted by Gasteiger charge is 2.42. The fourth-order valence-corrected chi connectivity index (χ4v) is 11.1. The van der Waals surface area contributed by atoms with E-state index in [9.17, 15) is 1.37 Å². The van der Waals surface area contributed by atoms with E-state index < -0.39 is 11.8 Å². The van der Waals surface area contributed by atoms with Crippen LogP contribution in [-0.2, 0) is 0 Å². The molecule has 2 aliphatic heterocycles. The van der Waals surface area contributed by atoms with E-state index in [1.54, 1.807) is 0 Å². The van der Waals surface area contributed by atoms with E-state index in [1.165, 1.54) is 71.5 Å². The summed E-state index contributed by atoms with van der Waals surface area (Å²) in [5, 5.41) is 5.09. The number of anilines is 6. The Morgan fingerprint density at radius 1 is 0.403 bits per heavy atom. The molecule has 0 spiro atoms. The second-order valence-electron chi connectivity index (χ2n) is 17.7. The Morgan fingerprint density at radius 2 is 0.984 bits per heavy atom. The maximum absolute atomic E-state index is 9.20. The molecule has 1 atom stereocenters. The van der Waals surface area contributed by atoms with Crippen LogP contribution in [0.4, 0.5) is 34.1 Å². The lowest BCUT2D eigenvalue weighted by atomic mass is 9.75. The van der Waals surface area contributed by atoms with Crippen molar-refractivity contribution in [3.05, 3.63) is 210 Å². The predicted octanol–water partition coefficient (Wildman–Crippen LogP) is 16.6. The third-order valence-corrected chi connectivity index (χ3v) is 13.8. The van der Waals surface area contributed by atoms with Gasteiger partial charge in [-0.05, 0) is 128 Å². The van der Waals surface area contributed by atoms with Gasteiger partial charge in [0, 0.05) is 36.4 Å². The monoisotopic (exact) mass is 797 g/mol. The molecule has 0 fully saturated rings. The van der Waals surface area contributed by atoms with Crippen molar-refractivity contribution >= 4 is 66.7 Å². The molecule has 0 saturated heterocycles. The van der Waals surface area contributed by atoms with Crippen LogP contribution in [-0.4, -0.2) is 4.57 Å². The zero-order chi connectivity index (χ0) is 43.2. The Labute approximate surface area is 365 Å². The van der Waals surface area contributed by atoms with Crippen LogP contribution in [0.2, 0.25) is 0 Å². The molecule has 13 rings (SSSR count). The molecular formula is C59H45N3. The van der Waals surface area contributed by atoms with Gasteiger partial charge in [0.1, 0.15) is 0 Å². The van der Waals surface area contributed by atoms with Crippen LogP contribution in [0.15, 0.2) is 182 Å². The Kier molecular flexibility index (Phi) is 7.03. The molecule has 3 nitrogen and oxygen atoms in total. The van der Waals surface area contributed by atoms with Crippen molar-refractivity contribution in [2.45, 2.75) is 45.4 Å². The molecule has 3 aliphatic rings. The van der Waals surface area contributed by atoms with Gasteiger partial charge >= 0.3 is 0 Å². The summed E-state index contributed by atoms with van der Waals surface area (Å²) in [4.78, 5) is 4.91.